The van der Waals surface area contributed by atoms with Gasteiger partial charge in [0.15, 0.2) is 11.3 Å². The van der Waals surface area contributed by atoms with Crippen LogP contribution in [0.3, 0.4) is 0 Å². The van der Waals surface area contributed by atoms with E-state index < -0.39 is 17.4 Å². The first-order valence-electron chi connectivity index (χ1n) is 7.84. The molecule has 0 radical (unpaired) electrons. The SMILES string of the molecule is COC(=O)CNC(=O)c1nc2cccnc2n(C2CCCC2)c1=O. The third-order valence-electron chi connectivity index (χ3n) is 4.17. The summed E-state index contributed by atoms with van der Waals surface area (Å²) in [5.74, 6) is -1.29. The van der Waals surface area contributed by atoms with E-state index in [0.29, 0.717) is 11.2 Å². The number of ether oxygens (including phenoxy) is 1. The summed E-state index contributed by atoms with van der Waals surface area (Å²) in [6.07, 6.45) is 5.43. The molecule has 2 heterocycles. The second-order valence-corrected chi connectivity index (χ2v) is 5.68. The van der Waals surface area contributed by atoms with Crippen molar-refractivity contribution < 1.29 is 14.3 Å². The highest BCUT2D eigenvalue weighted by Gasteiger charge is 2.25. The van der Waals surface area contributed by atoms with Gasteiger partial charge in [-0.1, -0.05) is 12.8 Å². The van der Waals surface area contributed by atoms with Crippen LogP contribution >= 0.6 is 0 Å². The Morgan fingerprint density at radius 3 is 2.83 bits per heavy atom. The number of hydrogen-bond acceptors (Lipinski definition) is 6. The van der Waals surface area contributed by atoms with Gasteiger partial charge in [-0.05, 0) is 25.0 Å². The molecule has 8 nitrogen and oxygen atoms in total. The summed E-state index contributed by atoms with van der Waals surface area (Å²) in [6.45, 7) is -0.315. The van der Waals surface area contributed by atoms with Gasteiger partial charge in [0.25, 0.3) is 11.5 Å². The third kappa shape index (κ3) is 2.99. The molecule has 1 aliphatic carbocycles. The molecule has 24 heavy (non-hydrogen) atoms. The Balaban J connectivity index is 2.05. The lowest BCUT2D eigenvalue weighted by molar-refractivity contribution is -0.139. The van der Waals surface area contributed by atoms with Crippen molar-refractivity contribution >= 4 is 23.0 Å². The number of fused-ring (bicyclic) bond motifs is 1. The molecule has 1 N–H and O–H groups in total. The zero-order valence-corrected chi connectivity index (χ0v) is 13.3. The highest BCUT2D eigenvalue weighted by atomic mass is 16.5. The maximum atomic E-state index is 12.8. The minimum absolute atomic E-state index is 0.0186. The van der Waals surface area contributed by atoms with Crippen LogP contribution in [0, 0.1) is 0 Å². The fourth-order valence-electron chi connectivity index (χ4n) is 3.00. The monoisotopic (exact) mass is 330 g/mol. The number of pyridine rings is 1. The summed E-state index contributed by atoms with van der Waals surface area (Å²) in [6, 6.07) is 3.43. The van der Waals surface area contributed by atoms with E-state index in [1.807, 2.05) is 0 Å². The molecule has 0 saturated heterocycles. The Morgan fingerprint density at radius 1 is 1.38 bits per heavy atom. The van der Waals surface area contributed by atoms with Crippen molar-refractivity contribution in [2.45, 2.75) is 31.7 Å². The second-order valence-electron chi connectivity index (χ2n) is 5.68. The Bertz CT molecular complexity index is 840. The molecule has 2 aromatic rings. The number of nitrogens with one attached hydrogen (secondary N) is 1. The predicted octanol–water partition coefficient (Wildman–Crippen LogP) is 0.809. The van der Waals surface area contributed by atoms with Gasteiger partial charge in [-0.15, -0.1) is 0 Å². The van der Waals surface area contributed by atoms with E-state index in [1.54, 1.807) is 22.9 Å². The number of carbonyl (C=O) groups excluding carboxylic acids is 2. The minimum Gasteiger partial charge on any atom is -0.468 e. The normalized spacial score (nSPS) is 14.7. The maximum Gasteiger partial charge on any atom is 0.325 e. The van der Waals surface area contributed by atoms with Gasteiger partial charge in [0.2, 0.25) is 0 Å². The smallest absolute Gasteiger partial charge is 0.325 e. The summed E-state index contributed by atoms with van der Waals surface area (Å²) < 4.78 is 6.05. The first-order chi connectivity index (χ1) is 11.6. The van der Waals surface area contributed by atoms with Crippen molar-refractivity contribution in [3.63, 3.8) is 0 Å². The Hall–Kier alpha value is -2.77. The van der Waals surface area contributed by atoms with Crippen molar-refractivity contribution in [2.75, 3.05) is 13.7 Å². The molecule has 3 rings (SSSR count). The van der Waals surface area contributed by atoms with Gasteiger partial charge in [0.05, 0.1) is 7.11 Å². The largest absolute Gasteiger partial charge is 0.468 e. The Labute approximate surface area is 137 Å². The standard InChI is InChI=1S/C16H18N4O4/c1-24-12(21)9-18-15(22)13-16(23)20(10-5-2-3-6-10)14-11(19-13)7-4-8-17-14/h4,7-8,10H,2-3,5-6,9H2,1H3,(H,18,22). The second kappa shape index (κ2) is 6.77. The maximum absolute atomic E-state index is 12.8. The van der Waals surface area contributed by atoms with E-state index in [0.717, 1.165) is 25.7 Å². The molecule has 1 saturated carbocycles. The van der Waals surface area contributed by atoms with Crippen LogP contribution < -0.4 is 10.9 Å². The zero-order valence-electron chi connectivity index (χ0n) is 13.3. The van der Waals surface area contributed by atoms with Crippen LogP contribution in [-0.4, -0.2) is 40.1 Å². The van der Waals surface area contributed by atoms with Crippen LogP contribution in [-0.2, 0) is 9.53 Å². The van der Waals surface area contributed by atoms with Gasteiger partial charge in [-0.25, -0.2) is 9.97 Å². The van der Waals surface area contributed by atoms with E-state index in [1.165, 1.54) is 7.11 Å². The minimum atomic E-state index is -0.692. The van der Waals surface area contributed by atoms with Crippen molar-refractivity contribution in [1.82, 2.24) is 19.9 Å². The summed E-state index contributed by atoms with van der Waals surface area (Å²) in [7, 11) is 1.22. The van der Waals surface area contributed by atoms with Crippen LogP contribution in [0.15, 0.2) is 23.1 Å². The summed E-state index contributed by atoms with van der Waals surface area (Å²) in [5.41, 5.74) is 0.257. The molecule has 0 spiro atoms. The highest BCUT2D eigenvalue weighted by Crippen LogP contribution is 2.29. The lowest BCUT2D eigenvalue weighted by Crippen LogP contribution is -2.38. The fourth-order valence-corrected chi connectivity index (χ4v) is 3.00. The number of nitrogens with zero attached hydrogens (tertiary/aromatic N) is 3. The third-order valence-corrected chi connectivity index (χ3v) is 4.17. The molecular formula is C16H18N4O4. The van der Waals surface area contributed by atoms with Crippen molar-refractivity contribution in [1.29, 1.82) is 0 Å². The van der Waals surface area contributed by atoms with Crippen LogP contribution in [0.4, 0.5) is 0 Å². The molecule has 0 aliphatic heterocycles. The van der Waals surface area contributed by atoms with Gasteiger partial charge in [0, 0.05) is 12.2 Å². The molecule has 0 unspecified atom stereocenters. The Morgan fingerprint density at radius 2 is 2.12 bits per heavy atom. The van der Waals surface area contributed by atoms with Gasteiger partial charge >= 0.3 is 5.97 Å². The molecule has 1 fully saturated rings. The molecule has 1 amide bonds. The fraction of sp³-hybridized carbons (Fsp3) is 0.438. The van der Waals surface area contributed by atoms with Crippen LogP contribution in [0.5, 0.6) is 0 Å². The highest BCUT2D eigenvalue weighted by molar-refractivity contribution is 5.95. The van der Waals surface area contributed by atoms with Crippen LogP contribution in [0.25, 0.3) is 11.2 Å². The first kappa shape index (κ1) is 16.1. The quantitative estimate of drug-likeness (QED) is 0.832. The van der Waals surface area contributed by atoms with Crippen LogP contribution in [0.1, 0.15) is 42.2 Å². The lowest BCUT2D eigenvalue weighted by Gasteiger charge is -2.16. The average molecular weight is 330 g/mol. The number of hydrogen-bond donors (Lipinski definition) is 1. The number of carbonyl (C=O) groups is 2. The summed E-state index contributed by atoms with van der Waals surface area (Å²) >= 11 is 0. The number of methoxy groups -OCH3 is 1. The predicted molar refractivity (Wildman–Crippen MR) is 85.7 cm³/mol. The van der Waals surface area contributed by atoms with E-state index in [9.17, 15) is 14.4 Å². The summed E-state index contributed by atoms with van der Waals surface area (Å²) in [4.78, 5) is 44.7. The topological polar surface area (TPSA) is 103 Å². The van der Waals surface area contributed by atoms with Crippen molar-refractivity contribution in [3.8, 4) is 0 Å². The van der Waals surface area contributed by atoms with Gasteiger partial charge < -0.3 is 10.1 Å². The molecule has 2 aromatic heterocycles. The number of esters is 1. The van der Waals surface area contributed by atoms with E-state index in [-0.39, 0.29) is 18.3 Å². The van der Waals surface area contributed by atoms with Crippen molar-refractivity contribution in [3.05, 3.63) is 34.4 Å². The molecule has 0 aromatic carbocycles. The van der Waals surface area contributed by atoms with Crippen LogP contribution in [0.2, 0.25) is 0 Å². The molecular weight excluding hydrogens is 312 g/mol. The molecule has 1 aliphatic rings. The molecule has 0 atom stereocenters. The van der Waals surface area contributed by atoms with Gasteiger partial charge in [-0.2, -0.15) is 0 Å². The zero-order chi connectivity index (χ0) is 17.1. The molecule has 126 valence electrons. The Kier molecular flexibility index (Phi) is 4.54. The first-order valence-corrected chi connectivity index (χ1v) is 7.84. The van der Waals surface area contributed by atoms with E-state index in [2.05, 4.69) is 20.0 Å². The number of rotatable bonds is 4. The summed E-state index contributed by atoms with van der Waals surface area (Å²) in [5, 5.41) is 2.36. The van der Waals surface area contributed by atoms with Gasteiger partial charge in [0.1, 0.15) is 12.1 Å². The number of aromatic nitrogens is 3. The van der Waals surface area contributed by atoms with Crippen molar-refractivity contribution in [2.24, 2.45) is 0 Å². The molecule has 8 heteroatoms. The van der Waals surface area contributed by atoms with E-state index in [4.69, 9.17) is 0 Å². The lowest BCUT2D eigenvalue weighted by atomic mass is 10.2. The van der Waals surface area contributed by atoms with E-state index >= 15 is 0 Å². The average Bonchev–Trinajstić information content (AvgIpc) is 3.12. The molecule has 0 bridgehead atoms. The number of amides is 1. The van der Waals surface area contributed by atoms with Gasteiger partial charge in [-0.3, -0.25) is 19.0 Å².